The van der Waals surface area contributed by atoms with Crippen LogP contribution in [0.15, 0.2) is 48.5 Å². The Morgan fingerprint density at radius 1 is 1.07 bits per heavy atom. The monoisotopic (exact) mass is 427 g/mol. The minimum atomic E-state index is -3.28. The molecule has 0 saturated heterocycles. The first-order valence-corrected chi connectivity index (χ1v) is 12.2. The van der Waals surface area contributed by atoms with Gasteiger partial charge in [0.05, 0.1) is 17.1 Å². The predicted octanol–water partition coefficient (Wildman–Crippen LogP) is 3.66. The van der Waals surface area contributed by atoms with E-state index in [0.717, 1.165) is 17.5 Å². The zero-order valence-corrected chi connectivity index (χ0v) is 18.7. The summed E-state index contributed by atoms with van der Waals surface area (Å²) in [6.07, 6.45) is 2.19. The van der Waals surface area contributed by atoms with Crippen molar-refractivity contribution in [2.45, 2.75) is 45.5 Å². The molecule has 0 spiro atoms. The first-order valence-electron chi connectivity index (χ1n) is 10.1. The van der Waals surface area contributed by atoms with Crippen LogP contribution in [0.25, 0.3) is 11.0 Å². The highest BCUT2D eigenvalue weighted by Gasteiger charge is 2.18. The van der Waals surface area contributed by atoms with Crippen molar-refractivity contribution in [2.24, 2.45) is 5.92 Å². The number of aromatic nitrogens is 2. The topological polar surface area (TPSA) is 81.1 Å². The fourth-order valence-corrected chi connectivity index (χ4v) is 4.26. The highest BCUT2D eigenvalue weighted by molar-refractivity contribution is 7.89. The molecule has 160 valence electrons. The smallest absolute Gasteiger partial charge is 0.240 e. The number of imidazole rings is 1. The highest BCUT2D eigenvalue weighted by Crippen LogP contribution is 2.19. The second-order valence-corrected chi connectivity index (χ2v) is 10.4. The number of sulfone groups is 1. The zero-order chi connectivity index (χ0) is 21.9. The number of rotatable bonds is 8. The normalized spacial score (nSPS) is 13.0. The Labute approximate surface area is 178 Å². The molecule has 1 amide bonds. The van der Waals surface area contributed by atoms with Gasteiger partial charge in [0.25, 0.3) is 0 Å². The number of carbonyl (C=O) groups excluding carboxylic acids is 1. The lowest BCUT2D eigenvalue weighted by atomic mass is 10.00. The number of nitrogens with one attached hydrogen (secondary N) is 1. The van der Waals surface area contributed by atoms with Gasteiger partial charge in [-0.15, -0.1) is 0 Å². The minimum Gasteiger partial charge on any atom is -0.348 e. The van der Waals surface area contributed by atoms with Crippen LogP contribution in [0.1, 0.15) is 43.8 Å². The lowest BCUT2D eigenvalue weighted by Gasteiger charge is -2.16. The molecule has 30 heavy (non-hydrogen) atoms. The fraction of sp³-hybridized carbons (Fsp3) is 0.391. The maximum atomic E-state index is 12.8. The zero-order valence-electron chi connectivity index (χ0n) is 17.9. The van der Waals surface area contributed by atoms with Gasteiger partial charge < -0.3 is 9.88 Å². The van der Waals surface area contributed by atoms with E-state index in [4.69, 9.17) is 0 Å². The molecular formula is C23H29N3O3S. The van der Waals surface area contributed by atoms with Crippen molar-refractivity contribution in [3.63, 3.8) is 0 Å². The molecule has 0 aliphatic rings. The maximum Gasteiger partial charge on any atom is 0.240 e. The molecule has 1 aromatic heterocycles. The molecule has 0 radical (unpaired) electrons. The average Bonchev–Trinajstić information content (AvgIpc) is 2.97. The van der Waals surface area contributed by atoms with Crippen LogP contribution >= 0.6 is 0 Å². The number of benzene rings is 2. The summed E-state index contributed by atoms with van der Waals surface area (Å²) in [4.78, 5) is 17.2. The Balaban J connectivity index is 1.75. The number of para-hydroxylation sites is 2. The summed E-state index contributed by atoms with van der Waals surface area (Å²) >= 11 is 0. The van der Waals surface area contributed by atoms with Crippen molar-refractivity contribution in [1.29, 1.82) is 0 Å². The third kappa shape index (κ3) is 5.69. The molecule has 1 heterocycles. The summed E-state index contributed by atoms with van der Waals surface area (Å²) in [6.45, 7) is 6.34. The highest BCUT2D eigenvalue weighted by atomic mass is 32.2. The molecule has 0 bridgehead atoms. The standard InChI is InChI=1S/C23H29N3O3S/c1-16(2)13-18-9-11-19(12-10-18)17(3)24-23(27)14-26-21-8-6-5-7-20(21)25-22(26)15-30(4,28)29/h5-12,16-17H,13-15H2,1-4H3,(H,24,27)/t17-/m1/s1. The van der Waals surface area contributed by atoms with E-state index in [0.29, 0.717) is 17.3 Å². The molecule has 0 unspecified atom stereocenters. The predicted molar refractivity (Wildman–Crippen MR) is 120 cm³/mol. The molecule has 0 aliphatic heterocycles. The maximum absolute atomic E-state index is 12.8. The van der Waals surface area contributed by atoms with Crippen LogP contribution in [0.4, 0.5) is 0 Å². The van der Waals surface area contributed by atoms with Gasteiger partial charge in [0.15, 0.2) is 9.84 Å². The van der Waals surface area contributed by atoms with E-state index in [-0.39, 0.29) is 24.2 Å². The fourth-order valence-electron chi connectivity index (χ4n) is 3.57. The molecule has 0 fully saturated rings. The largest absolute Gasteiger partial charge is 0.348 e. The minimum absolute atomic E-state index is 0.0150. The van der Waals surface area contributed by atoms with E-state index in [2.05, 4.69) is 36.3 Å². The summed E-state index contributed by atoms with van der Waals surface area (Å²) < 4.78 is 25.3. The van der Waals surface area contributed by atoms with Crippen molar-refractivity contribution in [2.75, 3.05) is 6.26 Å². The van der Waals surface area contributed by atoms with E-state index in [1.165, 1.54) is 11.8 Å². The van der Waals surface area contributed by atoms with Gasteiger partial charge in [0.2, 0.25) is 5.91 Å². The molecule has 6 nitrogen and oxygen atoms in total. The number of hydrogen-bond donors (Lipinski definition) is 1. The Morgan fingerprint density at radius 2 is 1.73 bits per heavy atom. The number of carbonyl (C=O) groups is 1. The van der Waals surface area contributed by atoms with Crippen LogP contribution in [0.3, 0.4) is 0 Å². The van der Waals surface area contributed by atoms with Crippen molar-refractivity contribution < 1.29 is 13.2 Å². The van der Waals surface area contributed by atoms with Gasteiger partial charge in [-0.2, -0.15) is 0 Å². The number of nitrogens with zero attached hydrogens (tertiary/aromatic N) is 2. The van der Waals surface area contributed by atoms with Crippen LogP contribution < -0.4 is 5.32 Å². The summed E-state index contributed by atoms with van der Waals surface area (Å²) in [5, 5.41) is 3.01. The molecule has 0 saturated carbocycles. The average molecular weight is 428 g/mol. The Kier molecular flexibility index (Phi) is 6.61. The summed E-state index contributed by atoms with van der Waals surface area (Å²) in [7, 11) is -3.28. The molecule has 1 N–H and O–H groups in total. The SMILES string of the molecule is CC(C)Cc1ccc([C@@H](C)NC(=O)Cn2c(CS(C)(=O)=O)nc3ccccc32)cc1. The number of amides is 1. The lowest BCUT2D eigenvalue weighted by Crippen LogP contribution is -2.30. The lowest BCUT2D eigenvalue weighted by molar-refractivity contribution is -0.122. The van der Waals surface area contributed by atoms with Crippen molar-refractivity contribution in [1.82, 2.24) is 14.9 Å². The van der Waals surface area contributed by atoms with E-state index < -0.39 is 9.84 Å². The molecule has 3 rings (SSSR count). The van der Waals surface area contributed by atoms with Crippen molar-refractivity contribution in [3.05, 3.63) is 65.5 Å². The third-order valence-corrected chi connectivity index (χ3v) is 5.71. The van der Waals surface area contributed by atoms with E-state index >= 15 is 0 Å². The molecule has 3 aromatic rings. The second-order valence-electron chi connectivity index (χ2n) is 8.30. The van der Waals surface area contributed by atoms with Gasteiger partial charge >= 0.3 is 0 Å². The third-order valence-electron chi connectivity index (χ3n) is 4.93. The first kappa shape index (κ1) is 22.0. The number of hydrogen-bond acceptors (Lipinski definition) is 4. The van der Waals surface area contributed by atoms with Crippen LogP contribution in [0, 0.1) is 5.92 Å². The van der Waals surface area contributed by atoms with Crippen LogP contribution in [-0.4, -0.2) is 30.1 Å². The van der Waals surface area contributed by atoms with Crippen LogP contribution in [-0.2, 0) is 33.4 Å². The summed E-state index contributed by atoms with van der Waals surface area (Å²) in [5.74, 6) is 0.576. The van der Waals surface area contributed by atoms with Crippen molar-refractivity contribution >= 4 is 26.8 Å². The van der Waals surface area contributed by atoms with E-state index in [9.17, 15) is 13.2 Å². The van der Waals surface area contributed by atoms with Crippen LogP contribution in [0.2, 0.25) is 0 Å². The Morgan fingerprint density at radius 3 is 2.37 bits per heavy atom. The second kappa shape index (κ2) is 9.00. The molecule has 2 aromatic carbocycles. The number of fused-ring (bicyclic) bond motifs is 1. The van der Waals surface area contributed by atoms with Gasteiger partial charge in [-0.1, -0.05) is 50.2 Å². The summed E-state index contributed by atoms with van der Waals surface area (Å²) in [5.41, 5.74) is 3.74. The van der Waals surface area contributed by atoms with Crippen LogP contribution in [0.5, 0.6) is 0 Å². The van der Waals surface area contributed by atoms with Crippen molar-refractivity contribution in [3.8, 4) is 0 Å². The summed E-state index contributed by atoms with van der Waals surface area (Å²) in [6, 6.07) is 15.5. The van der Waals surface area contributed by atoms with Gasteiger partial charge in [-0.25, -0.2) is 13.4 Å². The van der Waals surface area contributed by atoms with Gasteiger partial charge in [0, 0.05) is 6.26 Å². The first-order chi connectivity index (χ1) is 14.1. The molecule has 0 aliphatic carbocycles. The quantitative estimate of drug-likeness (QED) is 0.595. The van der Waals surface area contributed by atoms with E-state index in [1.54, 1.807) is 4.57 Å². The van der Waals surface area contributed by atoms with E-state index in [1.807, 2.05) is 43.3 Å². The van der Waals surface area contributed by atoms with Gasteiger partial charge in [-0.3, -0.25) is 4.79 Å². The Hall–Kier alpha value is -2.67. The molecule has 1 atom stereocenters. The van der Waals surface area contributed by atoms with Gasteiger partial charge in [0.1, 0.15) is 18.1 Å². The molecule has 7 heteroatoms. The molecular weight excluding hydrogens is 398 g/mol. The van der Waals surface area contributed by atoms with Gasteiger partial charge in [-0.05, 0) is 42.5 Å². The Bertz CT molecular complexity index is 1130.